The molecule has 186 valence electrons. The van der Waals surface area contributed by atoms with Crippen molar-refractivity contribution in [2.75, 3.05) is 33.3 Å². The lowest BCUT2D eigenvalue weighted by molar-refractivity contribution is 0.0352. The third-order valence-electron chi connectivity index (χ3n) is 6.17. The number of carbonyl (C=O) groups is 2. The van der Waals surface area contributed by atoms with E-state index in [0.717, 1.165) is 12.0 Å². The van der Waals surface area contributed by atoms with Crippen LogP contribution in [0.2, 0.25) is 0 Å². The number of hydrogen-bond donors (Lipinski definition) is 2. The molecule has 0 fully saturated rings. The van der Waals surface area contributed by atoms with Crippen LogP contribution in [0.1, 0.15) is 43.1 Å². The number of likely N-dealkylation sites (N-methyl/N-ethyl adjacent to an activating group) is 1. The molecule has 0 saturated carbocycles. The van der Waals surface area contributed by atoms with E-state index in [9.17, 15) is 20.0 Å². The maximum absolute atomic E-state index is 13.6. The molecular weight excluding hydrogens is 446 g/mol. The van der Waals surface area contributed by atoms with Crippen LogP contribution in [0.4, 0.5) is 4.79 Å². The van der Waals surface area contributed by atoms with Crippen LogP contribution in [-0.4, -0.2) is 77.3 Å². The van der Waals surface area contributed by atoms with Gasteiger partial charge in [-0.1, -0.05) is 26.0 Å². The van der Waals surface area contributed by atoms with Crippen LogP contribution in [-0.2, 0) is 0 Å². The number of aromatic nitrogens is 1. The van der Waals surface area contributed by atoms with Crippen molar-refractivity contribution < 1.29 is 19.4 Å². The average molecular weight is 480 g/mol. The van der Waals surface area contributed by atoms with Gasteiger partial charge in [-0.15, -0.1) is 0 Å². The minimum atomic E-state index is -0.423. The first-order valence-electron chi connectivity index (χ1n) is 11.9. The summed E-state index contributed by atoms with van der Waals surface area (Å²) < 4.78 is 6.25. The van der Waals surface area contributed by atoms with Gasteiger partial charge in [0.15, 0.2) is 0 Å². The van der Waals surface area contributed by atoms with Crippen LogP contribution < -0.4 is 10.1 Å². The van der Waals surface area contributed by atoms with Crippen LogP contribution in [0.15, 0.2) is 36.5 Å². The molecule has 2 aromatic rings. The molecule has 2 heterocycles. The summed E-state index contributed by atoms with van der Waals surface area (Å²) in [7, 11) is 1.71. The van der Waals surface area contributed by atoms with Crippen molar-refractivity contribution in [3.8, 4) is 23.1 Å². The topological polar surface area (TPSA) is 119 Å². The highest BCUT2D eigenvalue weighted by molar-refractivity contribution is 5.98. The maximum atomic E-state index is 13.6. The lowest BCUT2D eigenvalue weighted by Gasteiger charge is -2.37. The molecule has 0 spiro atoms. The molecule has 3 rings (SSSR count). The number of pyridine rings is 1. The molecule has 0 unspecified atom stereocenters. The van der Waals surface area contributed by atoms with Crippen LogP contribution in [0.3, 0.4) is 0 Å². The number of amides is 3. The van der Waals surface area contributed by atoms with E-state index in [1.54, 1.807) is 54.2 Å². The number of aliphatic hydroxyl groups excluding tert-OH is 1. The van der Waals surface area contributed by atoms with E-state index in [0.29, 0.717) is 30.8 Å². The van der Waals surface area contributed by atoms with Crippen molar-refractivity contribution >= 4 is 11.9 Å². The van der Waals surface area contributed by atoms with Crippen molar-refractivity contribution in [1.82, 2.24) is 20.1 Å². The Labute approximate surface area is 206 Å². The highest BCUT2D eigenvalue weighted by Crippen LogP contribution is 2.30. The van der Waals surface area contributed by atoms with Crippen LogP contribution >= 0.6 is 0 Å². The van der Waals surface area contributed by atoms with Crippen LogP contribution in [0.5, 0.6) is 5.88 Å². The zero-order valence-corrected chi connectivity index (χ0v) is 20.7. The number of carbonyl (C=O) groups excluding carboxylic acids is 2. The molecule has 0 radical (unpaired) electrons. The smallest absolute Gasteiger partial charge is 0.317 e. The number of rotatable bonds is 7. The summed E-state index contributed by atoms with van der Waals surface area (Å²) in [5.41, 5.74) is 2.22. The Morgan fingerprint density at radius 2 is 2.17 bits per heavy atom. The van der Waals surface area contributed by atoms with Gasteiger partial charge < -0.3 is 25.0 Å². The number of fused-ring (bicyclic) bond motifs is 1. The molecule has 3 amide bonds. The van der Waals surface area contributed by atoms with Crippen molar-refractivity contribution in [2.24, 2.45) is 5.92 Å². The number of urea groups is 1. The fourth-order valence-corrected chi connectivity index (χ4v) is 3.97. The molecule has 0 bridgehead atoms. The number of aliphatic hydroxyl groups is 1. The van der Waals surface area contributed by atoms with Gasteiger partial charge in [-0.2, -0.15) is 5.26 Å². The number of ether oxygens (including phenoxy) is 1. The molecule has 35 heavy (non-hydrogen) atoms. The van der Waals surface area contributed by atoms with Gasteiger partial charge in [-0.25, -0.2) is 9.78 Å². The van der Waals surface area contributed by atoms with Crippen molar-refractivity contribution in [2.45, 2.75) is 39.3 Å². The third kappa shape index (κ3) is 6.08. The number of benzene rings is 1. The van der Waals surface area contributed by atoms with Gasteiger partial charge >= 0.3 is 6.03 Å². The first-order valence-corrected chi connectivity index (χ1v) is 11.9. The van der Waals surface area contributed by atoms with Gasteiger partial charge in [0.05, 0.1) is 30.8 Å². The Balaban J connectivity index is 1.99. The second kappa shape index (κ2) is 11.7. The zero-order chi connectivity index (χ0) is 25.5. The molecule has 3 atom stereocenters. The summed E-state index contributed by atoms with van der Waals surface area (Å²) in [6.45, 7) is 6.79. The number of nitrogens with one attached hydrogen (secondary N) is 1. The summed E-state index contributed by atoms with van der Waals surface area (Å²) >= 11 is 0. The predicted molar refractivity (Wildman–Crippen MR) is 132 cm³/mol. The number of hydrogen-bond acceptors (Lipinski definition) is 6. The van der Waals surface area contributed by atoms with E-state index in [1.165, 1.54) is 0 Å². The minimum Gasteiger partial charge on any atom is -0.472 e. The van der Waals surface area contributed by atoms with Gasteiger partial charge in [-0.3, -0.25) is 4.79 Å². The van der Waals surface area contributed by atoms with Gasteiger partial charge in [0.1, 0.15) is 11.7 Å². The monoisotopic (exact) mass is 479 g/mol. The largest absolute Gasteiger partial charge is 0.472 e. The molecule has 0 aliphatic carbocycles. The molecule has 0 saturated heterocycles. The molecule has 1 aromatic heterocycles. The maximum Gasteiger partial charge on any atom is 0.317 e. The predicted octanol–water partition coefficient (Wildman–Crippen LogP) is 2.89. The van der Waals surface area contributed by atoms with Crippen molar-refractivity contribution in [1.29, 1.82) is 5.26 Å². The Hall–Kier alpha value is -3.64. The van der Waals surface area contributed by atoms with Gasteiger partial charge in [0.25, 0.3) is 5.91 Å². The van der Waals surface area contributed by atoms with Crippen molar-refractivity contribution in [3.63, 3.8) is 0 Å². The van der Waals surface area contributed by atoms with E-state index in [-0.39, 0.29) is 35.9 Å². The highest BCUT2D eigenvalue weighted by atomic mass is 16.5. The Bertz CT molecular complexity index is 1100. The second-order valence-corrected chi connectivity index (χ2v) is 9.00. The average Bonchev–Trinajstić information content (AvgIpc) is 2.88. The van der Waals surface area contributed by atoms with E-state index in [1.807, 2.05) is 19.9 Å². The lowest BCUT2D eigenvalue weighted by Crippen LogP contribution is -2.51. The lowest BCUT2D eigenvalue weighted by atomic mass is 9.99. The van der Waals surface area contributed by atoms with Crippen LogP contribution in [0.25, 0.3) is 11.1 Å². The molecule has 9 heteroatoms. The number of nitriles is 1. The van der Waals surface area contributed by atoms with E-state index in [4.69, 9.17) is 4.74 Å². The standard InChI is InChI=1S/C26H33N5O4/c1-5-9-28-26(34)30(4)15-23-17(2)14-31(18(3)16-32)25(33)22-11-21(13-29-24(22)35-23)20-8-6-7-19(10-20)12-27/h6-8,10-11,13,17-18,23,32H,5,9,14-16H2,1-4H3,(H,28,34)/t17-,18+,23-/m1/s1. The molecule has 1 aromatic carbocycles. The Morgan fingerprint density at radius 3 is 2.86 bits per heavy atom. The third-order valence-corrected chi connectivity index (χ3v) is 6.17. The summed E-state index contributed by atoms with van der Waals surface area (Å²) in [5, 5.41) is 21.9. The summed E-state index contributed by atoms with van der Waals surface area (Å²) in [5.74, 6) is -0.229. The van der Waals surface area contributed by atoms with E-state index >= 15 is 0 Å². The first kappa shape index (κ1) is 26.0. The fourth-order valence-electron chi connectivity index (χ4n) is 3.97. The van der Waals surface area contributed by atoms with Gasteiger partial charge in [0.2, 0.25) is 5.88 Å². The zero-order valence-electron chi connectivity index (χ0n) is 20.7. The SMILES string of the molecule is CCCNC(=O)N(C)C[C@H]1Oc2ncc(-c3cccc(C#N)c3)cc2C(=O)N([C@@H](C)CO)C[C@H]1C. The highest BCUT2D eigenvalue weighted by Gasteiger charge is 2.34. The van der Waals surface area contributed by atoms with Crippen molar-refractivity contribution in [3.05, 3.63) is 47.7 Å². The van der Waals surface area contributed by atoms with Gasteiger partial charge in [-0.05, 0) is 37.1 Å². The first-order chi connectivity index (χ1) is 16.8. The Morgan fingerprint density at radius 1 is 1.40 bits per heavy atom. The summed E-state index contributed by atoms with van der Waals surface area (Å²) in [4.78, 5) is 33.7. The summed E-state index contributed by atoms with van der Waals surface area (Å²) in [6.07, 6.45) is 2.03. The minimum absolute atomic E-state index is 0.128. The molecule has 1 aliphatic heterocycles. The van der Waals surface area contributed by atoms with Crippen LogP contribution in [0, 0.1) is 17.2 Å². The molecule has 9 nitrogen and oxygen atoms in total. The normalized spacial score (nSPS) is 18.4. The molecule has 2 N–H and O–H groups in total. The molecular formula is C26H33N5O4. The fraction of sp³-hybridized carbons (Fsp3) is 0.462. The molecule has 1 aliphatic rings. The van der Waals surface area contributed by atoms with E-state index in [2.05, 4.69) is 16.4 Å². The Kier molecular flexibility index (Phi) is 8.66. The second-order valence-electron chi connectivity index (χ2n) is 9.00. The van der Waals surface area contributed by atoms with Gasteiger partial charge in [0, 0.05) is 37.8 Å². The number of nitrogens with zero attached hydrogens (tertiary/aromatic N) is 4. The summed E-state index contributed by atoms with van der Waals surface area (Å²) in [6, 6.07) is 10.3. The quantitative estimate of drug-likeness (QED) is 0.630. The van der Waals surface area contributed by atoms with E-state index < -0.39 is 12.1 Å².